The maximum atomic E-state index is 12.2. The fraction of sp³-hybridized carbons (Fsp3) is 0.200. The van der Waals surface area contributed by atoms with Gasteiger partial charge in [-0.05, 0) is 48.7 Å². The van der Waals surface area contributed by atoms with E-state index in [-0.39, 0.29) is 5.75 Å². The summed E-state index contributed by atoms with van der Waals surface area (Å²) in [5.74, 6) is -0.0719. The molecule has 1 N–H and O–H groups in total. The molecule has 0 aliphatic heterocycles. The van der Waals surface area contributed by atoms with Gasteiger partial charge in [-0.1, -0.05) is 35.9 Å². The van der Waals surface area contributed by atoms with Crippen LogP contribution in [-0.2, 0) is 15.8 Å². The molecule has 0 radical (unpaired) electrons. The number of benzene rings is 2. The van der Waals surface area contributed by atoms with Gasteiger partial charge in [0.2, 0.25) is 10.0 Å². The first kappa shape index (κ1) is 14.9. The Morgan fingerprint density at radius 1 is 1.05 bits per heavy atom. The molecular weight excluding hydrogens is 294 g/mol. The first-order valence-corrected chi connectivity index (χ1v) is 8.21. The molecule has 0 aliphatic carbocycles. The molecule has 2 aromatic rings. The van der Waals surface area contributed by atoms with E-state index in [0.29, 0.717) is 16.3 Å². The Labute approximate surface area is 124 Å². The number of hydrogen-bond donors (Lipinski definition) is 1. The predicted octanol–water partition coefficient (Wildman–Crippen LogP) is 3.90. The summed E-state index contributed by atoms with van der Waals surface area (Å²) in [4.78, 5) is 0. The van der Waals surface area contributed by atoms with Crippen molar-refractivity contribution < 1.29 is 8.42 Å². The van der Waals surface area contributed by atoms with Crippen LogP contribution in [-0.4, -0.2) is 8.42 Å². The van der Waals surface area contributed by atoms with Crippen molar-refractivity contribution in [2.75, 3.05) is 4.72 Å². The molecule has 5 heteroatoms. The Balaban J connectivity index is 2.19. The Kier molecular flexibility index (Phi) is 4.35. The predicted molar refractivity (Wildman–Crippen MR) is 83.6 cm³/mol. The Hall–Kier alpha value is -1.52. The van der Waals surface area contributed by atoms with Gasteiger partial charge < -0.3 is 0 Å². The van der Waals surface area contributed by atoms with Gasteiger partial charge in [0.25, 0.3) is 0 Å². The third kappa shape index (κ3) is 3.74. The standard InChI is InChI=1S/C15H16ClNO2S/c1-11-4-3-5-15(12(11)2)17-20(18,19)10-13-6-8-14(16)9-7-13/h3-9,17H,10H2,1-2H3. The molecule has 2 rings (SSSR count). The highest BCUT2D eigenvalue weighted by atomic mass is 35.5. The van der Waals surface area contributed by atoms with Crippen molar-refractivity contribution in [3.05, 3.63) is 64.2 Å². The van der Waals surface area contributed by atoms with Crippen molar-refractivity contribution in [2.24, 2.45) is 0 Å². The number of halogens is 1. The molecule has 0 saturated heterocycles. The molecule has 0 aromatic heterocycles. The topological polar surface area (TPSA) is 46.2 Å². The zero-order chi connectivity index (χ0) is 14.8. The van der Waals surface area contributed by atoms with Crippen molar-refractivity contribution in [3.8, 4) is 0 Å². The molecule has 0 saturated carbocycles. The highest BCUT2D eigenvalue weighted by Gasteiger charge is 2.13. The summed E-state index contributed by atoms with van der Waals surface area (Å²) in [6.07, 6.45) is 0. The van der Waals surface area contributed by atoms with Crippen molar-refractivity contribution in [1.29, 1.82) is 0 Å². The second kappa shape index (κ2) is 5.85. The maximum Gasteiger partial charge on any atom is 0.236 e. The largest absolute Gasteiger partial charge is 0.283 e. The Morgan fingerprint density at radius 3 is 2.35 bits per heavy atom. The normalized spacial score (nSPS) is 11.3. The van der Waals surface area contributed by atoms with Crippen LogP contribution in [0.1, 0.15) is 16.7 Å². The second-order valence-electron chi connectivity index (χ2n) is 4.74. The quantitative estimate of drug-likeness (QED) is 0.931. The molecule has 0 fully saturated rings. The van der Waals surface area contributed by atoms with Crippen LogP contribution in [0.4, 0.5) is 5.69 Å². The molecule has 0 bridgehead atoms. The van der Waals surface area contributed by atoms with Gasteiger partial charge in [-0.25, -0.2) is 8.42 Å². The van der Waals surface area contributed by atoms with Crippen molar-refractivity contribution >= 4 is 27.3 Å². The lowest BCUT2D eigenvalue weighted by atomic mass is 10.1. The summed E-state index contributed by atoms with van der Waals surface area (Å²) in [5, 5.41) is 0.591. The lowest BCUT2D eigenvalue weighted by molar-refractivity contribution is 0.600. The molecule has 0 unspecified atom stereocenters. The molecule has 0 spiro atoms. The number of rotatable bonds is 4. The van der Waals surface area contributed by atoms with Gasteiger partial charge >= 0.3 is 0 Å². The van der Waals surface area contributed by atoms with Crippen molar-refractivity contribution in [1.82, 2.24) is 0 Å². The zero-order valence-electron chi connectivity index (χ0n) is 11.4. The summed E-state index contributed by atoms with van der Waals surface area (Å²) in [7, 11) is -3.43. The lowest BCUT2D eigenvalue weighted by Crippen LogP contribution is -2.16. The summed E-state index contributed by atoms with van der Waals surface area (Å²) >= 11 is 5.79. The molecule has 3 nitrogen and oxygen atoms in total. The fourth-order valence-electron chi connectivity index (χ4n) is 1.87. The number of nitrogens with one attached hydrogen (secondary N) is 1. The number of aryl methyl sites for hydroxylation is 1. The van der Waals surface area contributed by atoms with E-state index in [1.807, 2.05) is 26.0 Å². The molecule has 0 atom stereocenters. The number of anilines is 1. The van der Waals surface area contributed by atoms with Gasteiger partial charge in [-0.15, -0.1) is 0 Å². The van der Waals surface area contributed by atoms with E-state index in [2.05, 4.69) is 4.72 Å². The minimum absolute atomic E-state index is 0.0719. The van der Waals surface area contributed by atoms with E-state index in [9.17, 15) is 8.42 Å². The Bertz CT molecular complexity index is 709. The second-order valence-corrected chi connectivity index (χ2v) is 6.89. The highest BCUT2D eigenvalue weighted by Crippen LogP contribution is 2.20. The fourth-order valence-corrected chi connectivity index (χ4v) is 3.25. The lowest BCUT2D eigenvalue weighted by Gasteiger charge is -2.12. The minimum atomic E-state index is -3.43. The molecule has 106 valence electrons. The Morgan fingerprint density at radius 2 is 1.70 bits per heavy atom. The van der Waals surface area contributed by atoms with E-state index in [1.165, 1.54) is 0 Å². The average molecular weight is 310 g/mol. The monoisotopic (exact) mass is 309 g/mol. The van der Waals surface area contributed by atoms with Gasteiger partial charge in [-0.3, -0.25) is 4.72 Å². The molecule has 0 aliphatic rings. The van der Waals surface area contributed by atoms with Crippen LogP contribution in [0, 0.1) is 13.8 Å². The van der Waals surface area contributed by atoms with Crippen molar-refractivity contribution in [3.63, 3.8) is 0 Å². The van der Waals surface area contributed by atoms with Crippen LogP contribution in [0.15, 0.2) is 42.5 Å². The minimum Gasteiger partial charge on any atom is -0.283 e. The summed E-state index contributed by atoms with van der Waals surface area (Å²) in [6.45, 7) is 3.85. The summed E-state index contributed by atoms with van der Waals surface area (Å²) in [5.41, 5.74) is 3.31. The number of sulfonamides is 1. The van der Waals surface area contributed by atoms with Crippen LogP contribution in [0.5, 0.6) is 0 Å². The van der Waals surface area contributed by atoms with Crippen LogP contribution >= 0.6 is 11.6 Å². The van der Waals surface area contributed by atoms with Crippen LogP contribution in [0.2, 0.25) is 5.02 Å². The van der Waals surface area contributed by atoms with Gasteiger partial charge in [0.15, 0.2) is 0 Å². The third-order valence-electron chi connectivity index (χ3n) is 3.14. The maximum absolute atomic E-state index is 12.2. The molecular formula is C15H16ClNO2S. The van der Waals surface area contributed by atoms with E-state index >= 15 is 0 Å². The van der Waals surface area contributed by atoms with E-state index in [0.717, 1.165) is 11.1 Å². The zero-order valence-corrected chi connectivity index (χ0v) is 12.9. The third-order valence-corrected chi connectivity index (χ3v) is 4.64. The first-order chi connectivity index (χ1) is 9.37. The summed E-state index contributed by atoms with van der Waals surface area (Å²) in [6, 6.07) is 12.3. The highest BCUT2D eigenvalue weighted by molar-refractivity contribution is 7.91. The molecule has 20 heavy (non-hydrogen) atoms. The SMILES string of the molecule is Cc1cccc(NS(=O)(=O)Cc2ccc(Cl)cc2)c1C. The van der Waals surface area contributed by atoms with Gasteiger partial charge in [0.1, 0.15) is 0 Å². The van der Waals surface area contributed by atoms with E-state index in [1.54, 1.807) is 30.3 Å². The van der Waals surface area contributed by atoms with E-state index in [4.69, 9.17) is 11.6 Å². The van der Waals surface area contributed by atoms with Crippen LogP contribution in [0.25, 0.3) is 0 Å². The van der Waals surface area contributed by atoms with Gasteiger partial charge in [-0.2, -0.15) is 0 Å². The smallest absolute Gasteiger partial charge is 0.236 e. The average Bonchev–Trinajstić information content (AvgIpc) is 2.37. The van der Waals surface area contributed by atoms with Gasteiger partial charge in [0.05, 0.1) is 11.4 Å². The van der Waals surface area contributed by atoms with Gasteiger partial charge in [0, 0.05) is 5.02 Å². The first-order valence-electron chi connectivity index (χ1n) is 6.18. The van der Waals surface area contributed by atoms with E-state index < -0.39 is 10.0 Å². The summed E-state index contributed by atoms with van der Waals surface area (Å²) < 4.78 is 27.0. The molecule has 0 heterocycles. The number of hydrogen-bond acceptors (Lipinski definition) is 2. The van der Waals surface area contributed by atoms with Crippen LogP contribution in [0.3, 0.4) is 0 Å². The van der Waals surface area contributed by atoms with Crippen LogP contribution < -0.4 is 4.72 Å². The van der Waals surface area contributed by atoms with Crippen molar-refractivity contribution in [2.45, 2.75) is 19.6 Å². The molecule has 0 amide bonds. The molecule has 2 aromatic carbocycles.